The molecule has 19 heavy (non-hydrogen) atoms. The van der Waals surface area contributed by atoms with Crippen LogP contribution in [-0.4, -0.2) is 33.3 Å². The van der Waals surface area contributed by atoms with Crippen LogP contribution in [0.15, 0.2) is 6.20 Å². The number of halogens is 1. The average molecular weight is 288 g/mol. The molecule has 1 amide bonds. The highest BCUT2D eigenvalue weighted by Crippen LogP contribution is 2.26. The lowest BCUT2D eigenvalue weighted by molar-refractivity contribution is -0.149. The number of hydrogen-bond acceptors (Lipinski definition) is 3. The lowest BCUT2D eigenvalue weighted by Gasteiger charge is -2.26. The number of aliphatic carboxylic acids is 1. The molecule has 1 rings (SSSR count). The molecule has 0 saturated heterocycles. The van der Waals surface area contributed by atoms with Crippen molar-refractivity contribution in [2.75, 3.05) is 6.54 Å². The second-order valence-corrected chi connectivity index (χ2v) is 4.85. The summed E-state index contributed by atoms with van der Waals surface area (Å²) in [5, 5.41) is 16.0. The Morgan fingerprint density at radius 3 is 2.42 bits per heavy atom. The van der Waals surface area contributed by atoms with E-state index in [1.807, 2.05) is 0 Å². The third-order valence-electron chi connectivity index (χ3n) is 3.50. The van der Waals surface area contributed by atoms with Crippen LogP contribution in [0, 0.1) is 5.41 Å². The Morgan fingerprint density at radius 1 is 1.47 bits per heavy atom. The maximum atomic E-state index is 12.0. The number of carboxylic acids is 1. The van der Waals surface area contributed by atoms with E-state index in [2.05, 4.69) is 10.4 Å². The first-order valence-corrected chi connectivity index (χ1v) is 6.44. The molecule has 0 unspecified atom stereocenters. The smallest absolute Gasteiger partial charge is 0.311 e. The number of aromatic nitrogens is 2. The predicted molar refractivity (Wildman–Crippen MR) is 71.2 cm³/mol. The minimum absolute atomic E-state index is 0.0652. The van der Waals surface area contributed by atoms with Gasteiger partial charge in [-0.15, -0.1) is 0 Å². The molecular weight excluding hydrogens is 270 g/mol. The third kappa shape index (κ3) is 3.07. The monoisotopic (exact) mass is 287 g/mol. The molecule has 0 bridgehead atoms. The molecule has 6 nitrogen and oxygen atoms in total. The molecule has 0 aliphatic heterocycles. The SMILES string of the molecule is CCC(CC)(CNC(=O)c1c(Cl)cnn1C)C(=O)O. The average Bonchev–Trinajstić information content (AvgIpc) is 2.70. The van der Waals surface area contributed by atoms with E-state index < -0.39 is 17.3 Å². The first-order chi connectivity index (χ1) is 8.88. The molecule has 0 fully saturated rings. The molecule has 0 radical (unpaired) electrons. The summed E-state index contributed by atoms with van der Waals surface area (Å²) in [5.41, 5.74) is -0.714. The second kappa shape index (κ2) is 6.06. The number of aryl methyl sites for hydroxylation is 1. The van der Waals surface area contributed by atoms with Crippen LogP contribution < -0.4 is 5.32 Å². The Balaban J connectivity index is 2.81. The van der Waals surface area contributed by atoms with Crippen molar-refractivity contribution in [3.63, 3.8) is 0 Å². The van der Waals surface area contributed by atoms with Gasteiger partial charge in [0.1, 0.15) is 5.69 Å². The van der Waals surface area contributed by atoms with Gasteiger partial charge in [0.15, 0.2) is 0 Å². The van der Waals surface area contributed by atoms with Crippen molar-refractivity contribution in [1.29, 1.82) is 0 Å². The van der Waals surface area contributed by atoms with E-state index in [0.29, 0.717) is 12.8 Å². The number of hydrogen-bond donors (Lipinski definition) is 2. The van der Waals surface area contributed by atoms with Gasteiger partial charge in [-0.05, 0) is 12.8 Å². The summed E-state index contributed by atoms with van der Waals surface area (Å²) in [5.74, 6) is -1.33. The summed E-state index contributed by atoms with van der Waals surface area (Å²) < 4.78 is 1.36. The number of rotatable bonds is 6. The molecule has 1 aromatic rings. The third-order valence-corrected chi connectivity index (χ3v) is 3.78. The molecule has 0 aliphatic rings. The van der Waals surface area contributed by atoms with Crippen molar-refractivity contribution in [2.24, 2.45) is 12.5 Å². The Bertz CT molecular complexity index is 461. The molecule has 1 heterocycles. The molecule has 0 spiro atoms. The lowest BCUT2D eigenvalue weighted by atomic mass is 9.82. The van der Waals surface area contributed by atoms with E-state index in [4.69, 9.17) is 11.6 Å². The molecular formula is C12H18ClN3O3. The Kier molecular flexibility index (Phi) is 4.94. The Hall–Kier alpha value is -1.56. The number of carboxylic acid groups (broad SMARTS) is 1. The van der Waals surface area contributed by atoms with Gasteiger partial charge in [-0.1, -0.05) is 25.4 Å². The zero-order valence-electron chi connectivity index (χ0n) is 11.2. The van der Waals surface area contributed by atoms with E-state index in [1.54, 1.807) is 20.9 Å². The van der Waals surface area contributed by atoms with Crippen LogP contribution in [0.4, 0.5) is 0 Å². The zero-order valence-corrected chi connectivity index (χ0v) is 12.0. The van der Waals surface area contributed by atoms with E-state index >= 15 is 0 Å². The summed E-state index contributed by atoms with van der Waals surface area (Å²) >= 11 is 5.86. The molecule has 7 heteroatoms. The molecule has 0 atom stereocenters. The number of carbonyl (C=O) groups is 2. The van der Waals surface area contributed by atoms with Crippen LogP contribution in [0.5, 0.6) is 0 Å². The van der Waals surface area contributed by atoms with Gasteiger partial charge in [-0.3, -0.25) is 14.3 Å². The van der Waals surface area contributed by atoms with Crippen LogP contribution in [0.1, 0.15) is 37.2 Å². The van der Waals surface area contributed by atoms with E-state index in [0.717, 1.165) is 0 Å². The van der Waals surface area contributed by atoms with Gasteiger partial charge in [0.25, 0.3) is 5.91 Å². The fourth-order valence-corrected chi connectivity index (χ4v) is 2.13. The van der Waals surface area contributed by atoms with Crippen molar-refractivity contribution in [2.45, 2.75) is 26.7 Å². The second-order valence-electron chi connectivity index (χ2n) is 4.44. The van der Waals surface area contributed by atoms with Crippen LogP contribution in [0.25, 0.3) is 0 Å². The first-order valence-electron chi connectivity index (χ1n) is 6.07. The van der Waals surface area contributed by atoms with Gasteiger partial charge in [0.05, 0.1) is 16.6 Å². The summed E-state index contributed by atoms with van der Waals surface area (Å²) in [6.07, 6.45) is 2.26. The number of carbonyl (C=O) groups excluding carboxylic acids is 1. The summed E-state index contributed by atoms with van der Waals surface area (Å²) in [7, 11) is 1.60. The minimum atomic E-state index is -0.944. The van der Waals surface area contributed by atoms with Crippen molar-refractivity contribution < 1.29 is 14.7 Å². The normalized spacial score (nSPS) is 11.4. The molecule has 2 N–H and O–H groups in total. The van der Waals surface area contributed by atoms with Crippen molar-refractivity contribution in [1.82, 2.24) is 15.1 Å². The molecule has 1 aromatic heterocycles. The summed E-state index contributed by atoms with van der Waals surface area (Å²) in [6.45, 7) is 3.65. The van der Waals surface area contributed by atoms with Crippen molar-refractivity contribution in [3.8, 4) is 0 Å². The summed E-state index contributed by atoms with van der Waals surface area (Å²) in [6, 6.07) is 0. The molecule has 106 valence electrons. The van der Waals surface area contributed by atoms with Crippen molar-refractivity contribution >= 4 is 23.5 Å². The number of amides is 1. The van der Waals surface area contributed by atoms with Gasteiger partial charge in [-0.2, -0.15) is 5.10 Å². The van der Waals surface area contributed by atoms with E-state index in [1.165, 1.54) is 10.9 Å². The maximum absolute atomic E-state index is 12.0. The van der Waals surface area contributed by atoms with Crippen LogP contribution in [0.3, 0.4) is 0 Å². The van der Waals surface area contributed by atoms with Gasteiger partial charge in [0.2, 0.25) is 0 Å². The highest BCUT2D eigenvalue weighted by Gasteiger charge is 2.35. The number of nitrogens with one attached hydrogen (secondary N) is 1. The van der Waals surface area contributed by atoms with Gasteiger partial charge >= 0.3 is 5.97 Å². The Labute approximate surface area is 116 Å². The first kappa shape index (κ1) is 15.5. The fraction of sp³-hybridized carbons (Fsp3) is 0.583. The highest BCUT2D eigenvalue weighted by atomic mass is 35.5. The largest absolute Gasteiger partial charge is 0.481 e. The lowest BCUT2D eigenvalue weighted by Crippen LogP contribution is -2.42. The Morgan fingerprint density at radius 2 is 2.05 bits per heavy atom. The van der Waals surface area contributed by atoms with Crippen LogP contribution in [-0.2, 0) is 11.8 Å². The molecule has 0 aliphatic carbocycles. The summed E-state index contributed by atoms with van der Waals surface area (Å²) in [4.78, 5) is 23.3. The minimum Gasteiger partial charge on any atom is -0.481 e. The standard InChI is InChI=1S/C12H18ClN3O3/c1-4-12(5-2,11(18)19)7-14-10(17)9-8(13)6-15-16(9)3/h6H,4-5,7H2,1-3H3,(H,14,17)(H,18,19). The fourth-order valence-electron chi connectivity index (χ4n) is 1.88. The van der Waals surface area contributed by atoms with Gasteiger partial charge < -0.3 is 10.4 Å². The van der Waals surface area contributed by atoms with E-state index in [-0.39, 0.29) is 17.3 Å². The number of nitrogens with zero attached hydrogens (tertiary/aromatic N) is 2. The van der Waals surface area contributed by atoms with Gasteiger partial charge in [-0.25, -0.2) is 0 Å². The maximum Gasteiger partial charge on any atom is 0.311 e. The molecule has 0 saturated carbocycles. The topological polar surface area (TPSA) is 84.2 Å². The molecule has 0 aromatic carbocycles. The van der Waals surface area contributed by atoms with Crippen LogP contribution in [0.2, 0.25) is 5.02 Å². The predicted octanol–water partition coefficient (Wildman–Crippen LogP) is 1.69. The quantitative estimate of drug-likeness (QED) is 0.834. The van der Waals surface area contributed by atoms with E-state index in [9.17, 15) is 14.7 Å². The zero-order chi connectivity index (χ0) is 14.6. The van der Waals surface area contributed by atoms with Crippen molar-refractivity contribution in [3.05, 3.63) is 16.9 Å². The van der Waals surface area contributed by atoms with Gasteiger partial charge in [0, 0.05) is 13.6 Å². The highest BCUT2D eigenvalue weighted by molar-refractivity contribution is 6.33. The van der Waals surface area contributed by atoms with Crippen LogP contribution >= 0.6 is 11.6 Å².